The number of benzene rings is 1. The fourth-order valence-corrected chi connectivity index (χ4v) is 2.69. The Labute approximate surface area is 167 Å². The molecule has 0 saturated heterocycles. The first-order valence-corrected chi connectivity index (χ1v) is 10.0. The lowest BCUT2D eigenvalue weighted by Gasteiger charge is -2.17. The van der Waals surface area contributed by atoms with Crippen LogP contribution in [0.2, 0.25) is 0 Å². The number of rotatable bonds is 14. The summed E-state index contributed by atoms with van der Waals surface area (Å²) in [6.45, 7) is 9.08. The molecule has 1 rings (SSSR count). The van der Waals surface area contributed by atoms with E-state index in [1.54, 1.807) is 0 Å². The molecule has 0 unspecified atom stereocenters. The first-order chi connectivity index (χ1) is 13.5. The number of halogens is 2. The van der Waals surface area contributed by atoms with E-state index < -0.39 is 6.08 Å². The molecule has 0 bridgehead atoms. The van der Waals surface area contributed by atoms with Gasteiger partial charge in [0.15, 0.2) is 0 Å². The zero-order valence-electron chi connectivity index (χ0n) is 17.5. The van der Waals surface area contributed by atoms with Crippen molar-refractivity contribution in [2.75, 3.05) is 19.8 Å². The van der Waals surface area contributed by atoms with Gasteiger partial charge < -0.3 is 14.3 Å². The third-order valence-corrected chi connectivity index (χ3v) is 4.09. The standard InChI is InChI=1S/C22H33F2NO3/c1-5-18-15-20(26-14-11-21(23)24)16-19(6-2)22(18)27-12-9-7-8-10-13-28-25-17(3)4/h11,15-16H,5-10,12-14H2,1-4H3. The molecule has 0 atom stereocenters. The number of hydrogen-bond donors (Lipinski definition) is 0. The van der Waals surface area contributed by atoms with Crippen molar-refractivity contribution >= 4 is 5.71 Å². The summed E-state index contributed by atoms with van der Waals surface area (Å²) in [7, 11) is 0. The average molecular weight is 398 g/mol. The van der Waals surface area contributed by atoms with Crippen LogP contribution in [0.15, 0.2) is 29.4 Å². The highest BCUT2D eigenvalue weighted by Gasteiger charge is 2.11. The third kappa shape index (κ3) is 9.72. The summed E-state index contributed by atoms with van der Waals surface area (Å²) < 4.78 is 35.8. The molecule has 0 amide bonds. The second kappa shape index (κ2) is 14.0. The zero-order chi connectivity index (χ0) is 20.8. The van der Waals surface area contributed by atoms with Gasteiger partial charge >= 0.3 is 0 Å². The summed E-state index contributed by atoms with van der Waals surface area (Å²) in [6.07, 6.45) is 4.73. The molecular weight excluding hydrogens is 364 g/mol. The number of ether oxygens (including phenoxy) is 2. The van der Waals surface area contributed by atoms with Gasteiger partial charge in [0.05, 0.1) is 12.3 Å². The highest BCUT2D eigenvalue weighted by Crippen LogP contribution is 2.31. The van der Waals surface area contributed by atoms with Crippen LogP contribution < -0.4 is 9.47 Å². The Morgan fingerprint density at radius 1 is 0.929 bits per heavy atom. The smallest absolute Gasteiger partial charge is 0.269 e. The SMILES string of the molecule is CCc1cc(OCC=C(F)F)cc(CC)c1OCCCCCCON=C(C)C. The van der Waals surface area contributed by atoms with Crippen molar-refractivity contribution < 1.29 is 23.1 Å². The Hall–Kier alpha value is -2.11. The monoisotopic (exact) mass is 397 g/mol. The molecule has 0 aliphatic carbocycles. The van der Waals surface area contributed by atoms with E-state index in [-0.39, 0.29) is 6.61 Å². The van der Waals surface area contributed by atoms with Crippen molar-refractivity contribution in [2.24, 2.45) is 5.16 Å². The molecule has 0 aliphatic rings. The Kier molecular flexibility index (Phi) is 11.9. The van der Waals surface area contributed by atoms with Gasteiger partial charge in [-0.1, -0.05) is 19.0 Å². The molecule has 0 N–H and O–H groups in total. The van der Waals surface area contributed by atoms with Crippen LogP contribution in [0.1, 0.15) is 64.5 Å². The Bertz CT molecular complexity index is 612. The lowest BCUT2D eigenvalue weighted by Crippen LogP contribution is -2.05. The van der Waals surface area contributed by atoms with Gasteiger partial charge in [-0.3, -0.25) is 0 Å². The van der Waals surface area contributed by atoms with E-state index in [0.29, 0.717) is 19.0 Å². The van der Waals surface area contributed by atoms with Gasteiger partial charge in [0, 0.05) is 6.08 Å². The second-order valence-electron chi connectivity index (χ2n) is 6.72. The normalized spacial score (nSPS) is 10.4. The maximum absolute atomic E-state index is 12.2. The average Bonchev–Trinajstić information content (AvgIpc) is 2.66. The van der Waals surface area contributed by atoms with Gasteiger partial charge in [0.1, 0.15) is 24.7 Å². The van der Waals surface area contributed by atoms with E-state index in [1.807, 2.05) is 39.8 Å². The van der Waals surface area contributed by atoms with Gasteiger partial charge in [-0.2, -0.15) is 8.78 Å². The van der Waals surface area contributed by atoms with E-state index >= 15 is 0 Å². The van der Waals surface area contributed by atoms with Gasteiger partial charge in [0.25, 0.3) is 6.08 Å². The zero-order valence-corrected chi connectivity index (χ0v) is 17.5. The van der Waals surface area contributed by atoms with Crippen LogP contribution in [0, 0.1) is 0 Å². The highest BCUT2D eigenvalue weighted by atomic mass is 19.3. The van der Waals surface area contributed by atoms with Crippen LogP contribution >= 0.6 is 0 Å². The minimum absolute atomic E-state index is 0.137. The third-order valence-electron chi connectivity index (χ3n) is 4.09. The molecule has 0 saturated carbocycles. The van der Waals surface area contributed by atoms with Crippen molar-refractivity contribution in [1.82, 2.24) is 0 Å². The van der Waals surface area contributed by atoms with Gasteiger partial charge in [0.2, 0.25) is 0 Å². The summed E-state index contributed by atoms with van der Waals surface area (Å²) in [5, 5.41) is 3.91. The molecule has 0 spiro atoms. The second-order valence-corrected chi connectivity index (χ2v) is 6.72. The number of nitrogens with zero attached hydrogens (tertiary/aromatic N) is 1. The first-order valence-electron chi connectivity index (χ1n) is 10.0. The summed E-state index contributed by atoms with van der Waals surface area (Å²) in [5.41, 5.74) is 3.01. The molecule has 0 aromatic heterocycles. The minimum atomic E-state index is -1.73. The first kappa shape index (κ1) is 23.9. The van der Waals surface area contributed by atoms with Gasteiger partial charge in [-0.15, -0.1) is 0 Å². The van der Waals surface area contributed by atoms with E-state index in [2.05, 4.69) is 5.16 Å². The molecular formula is C22H33F2NO3. The minimum Gasteiger partial charge on any atom is -0.493 e. The van der Waals surface area contributed by atoms with Crippen molar-refractivity contribution in [3.05, 3.63) is 35.4 Å². The number of oxime groups is 1. The lowest BCUT2D eigenvalue weighted by molar-refractivity contribution is 0.139. The van der Waals surface area contributed by atoms with Crippen LogP contribution in [-0.2, 0) is 17.7 Å². The predicted octanol–water partition coefficient (Wildman–Crippen LogP) is 6.32. The van der Waals surface area contributed by atoms with Crippen LogP contribution in [0.3, 0.4) is 0 Å². The number of unbranched alkanes of at least 4 members (excludes halogenated alkanes) is 3. The molecule has 0 fully saturated rings. The van der Waals surface area contributed by atoms with Gasteiger partial charge in [-0.25, -0.2) is 0 Å². The highest BCUT2D eigenvalue weighted by molar-refractivity contribution is 5.78. The van der Waals surface area contributed by atoms with Crippen LogP contribution in [0.5, 0.6) is 11.5 Å². The summed E-state index contributed by atoms with van der Waals surface area (Å²) in [6, 6.07) is 3.76. The topological polar surface area (TPSA) is 40.0 Å². The Morgan fingerprint density at radius 3 is 2.07 bits per heavy atom. The van der Waals surface area contributed by atoms with Crippen molar-refractivity contribution in [2.45, 2.75) is 66.2 Å². The van der Waals surface area contributed by atoms with E-state index in [1.165, 1.54) is 0 Å². The van der Waals surface area contributed by atoms with Crippen LogP contribution in [-0.4, -0.2) is 25.5 Å². The molecule has 0 heterocycles. The Balaban J connectivity index is 2.48. The molecule has 4 nitrogen and oxygen atoms in total. The fraction of sp³-hybridized carbons (Fsp3) is 0.591. The predicted molar refractivity (Wildman–Crippen MR) is 110 cm³/mol. The maximum atomic E-state index is 12.2. The number of hydrogen-bond acceptors (Lipinski definition) is 4. The number of aryl methyl sites for hydroxylation is 2. The molecule has 28 heavy (non-hydrogen) atoms. The molecule has 0 aliphatic heterocycles. The largest absolute Gasteiger partial charge is 0.493 e. The van der Waals surface area contributed by atoms with Crippen molar-refractivity contribution in [3.8, 4) is 11.5 Å². The summed E-state index contributed by atoms with van der Waals surface area (Å²) in [4.78, 5) is 5.18. The molecule has 6 heteroatoms. The molecule has 158 valence electrons. The maximum Gasteiger partial charge on any atom is 0.269 e. The molecule has 1 aromatic carbocycles. The summed E-state index contributed by atoms with van der Waals surface area (Å²) in [5.74, 6) is 1.50. The summed E-state index contributed by atoms with van der Waals surface area (Å²) >= 11 is 0. The fourth-order valence-electron chi connectivity index (χ4n) is 2.69. The lowest BCUT2D eigenvalue weighted by atomic mass is 10.0. The van der Waals surface area contributed by atoms with Crippen molar-refractivity contribution in [3.63, 3.8) is 0 Å². The van der Waals surface area contributed by atoms with E-state index in [0.717, 1.165) is 67.2 Å². The molecule has 0 radical (unpaired) electrons. The van der Waals surface area contributed by atoms with Crippen LogP contribution in [0.4, 0.5) is 8.78 Å². The van der Waals surface area contributed by atoms with Crippen LogP contribution in [0.25, 0.3) is 0 Å². The quantitative estimate of drug-likeness (QED) is 0.209. The van der Waals surface area contributed by atoms with E-state index in [9.17, 15) is 8.78 Å². The van der Waals surface area contributed by atoms with E-state index in [4.69, 9.17) is 14.3 Å². The molecule has 1 aromatic rings. The van der Waals surface area contributed by atoms with Gasteiger partial charge in [-0.05, 0) is 75.6 Å². The Morgan fingerprint density at radius 2 is 1.54 bits per heavy atom. The van der Waals surface area contributed by atoms with Crippen molar-refractivity contribution in [1.29, 1.82) is 0 Å².